The fourth-order valence-corrected chi connectivity index (χ4v) is 2.74. The highest BCUT2D eigenvalue weighted by atomic mass is 35.5. The second kappa shape index (κ2) is 10.7. The summed E-state index contributed by atoms with van der Waals surface area (Å²) in [5.41, 5.74) is 4.46. The molecule has 0 amide bonds. The van der Waals surface area contributed by atoms with E-state index in [1.54, 1.807) is 0 Å². The number of aryl methyl sites for hydroxylation is 1. The zero-order valence-corrected chi connectivity index (χ0v) is 16.3. The highest BCUT2D eigenvalue weighted by Gasteiger charge is 2.06. The minimum Gasteiger partial charge on any atom is -0.489 e. The molecule has 27 heavy (non-hydrogen) atoms. The smallest absolute Gasteiger partial charge is 0.120 e. The van der Waals surface area contributed by atoms with Crippen LogP contribution in [0.1, 0.15) is 28.4 Å². The summed E-state index contributed by atoms with van der Waals surface area (Å²) in [5.74, 6) is 0.855. The second-order valence-electron chi connectivity index (χ2n) is 6.48. The first-order valence-electron chi connectivity index (χ1n) is 8.92. The quantitative estimate of drug-likeness (QED) is 0.586. The molecule has 0 spiro atoms. The molecule has 0 saturated heterocycles. The maximum absolute atomic E-state index is 10.2. The summed E-state index contributed by atoms with van der Waals surface area (Å²) in [6, 6.07) is 26.1. The first-order valence-corrected chi connectivity index (χ1v) is 8.92. The summed E-state index contributed by atoms with van der Waals surface area (Å²) < 4.78 is 5.89. The molecule has 0 aliphatic carbocycles. The van der Waals surface area contributed by atoms with Gasteiger partial charge < -0.3 is 15.2 Å². The predicted octanol–water partition coefficient (Wildman–Crippen LogP) is 4.82. The average molecular weight is 384 g/mol. The molecule has 0 aliphatic rings. The molecule has 0 radical (unpaired) electrons. The maximum Gasteiger partial charge on any atom is 0.120 e. The lowest BCUT2D eigenvalue weighted by atomic mass is 10.1. The van der Waals surface area contributed by atoms with Gasteiger partial charge in [0.15, 0.2) is 0 Å². The number of aliphatic hydroxyl groups is 1. The normalized spacial score (nSPS) is 11.5. The number of nitrogens with one attached hydrogen (secondary N) is 1. The molecule has 3 rings (SSSR count). The third-order valence-electron chi connectivity index (χ3n) is 4.28. The molecular weight excluding hydrogens is 358 g/mol. The average Bonchev–Trinajstić information content (AvgIpc) is 2.68. The number of ether oxygens (including phenoxy) is 1. The third-order valence-corrected chi connectivity index (χ3v) is 4.28. The van der Waals surface area contributed by atoms with Gasteiger partial charge in [-0.1, -0.05) is 72.3 Å². The summed E-state index contributed by atoms with van der Waals surface area (Å²) in [5, 5.41) is 13.5. The lowest BCUT2D eigenvalue weighted by Crippen LogP contribution is -2.21. The largest absolute Gasteiger partial charge is 0.489 e. The molecule has 2 N–H and O–H groups in total. The summed E-state index contributed by atoms with van der Waals surface area (Å²) in [6.45, 7) is 3.84. The Morgan fingerprint density at radius 1 is 0.889 bits per heavy atom. The molecule has 0 aliphatic heterocycles. The van der Waals surface area contributed by atoms with Crippen molar-refractivity contribution in [2.24, 2.45) is 0 Å². The van der Waals surface area contributed by atoms with Crippen LogP contribution in [0.3, 0.4) is 0 Å². The zero-order valence-electron chi connectivity index (χ0n) is 15.5. The van der Waals surface area contributed by atoms with Crippen LogP contribution in [0.4, 0.5) is 0 Å². The van der Waals surface area contributed by atoms with Crippen LogP contribution < -0.4 is 10.1 Å². The van der Waals surface area contributed by atoms with Crippen molar-refractivity contribution in [1.82, 2.24) is 5.32 Å². The maximum atomic E-state index is 10.2. The van der Waals surface area contributed by atoms with Gasteiger partial charge in [-0.05, 0) is 35.7 Å². The molecular formula is C23H26ClNO2. The van der Waals surface area contributed by atoms with Crippen molar-refractivity contribution in [3.8, 4) is 5.75 Å². The Labute approximate surface area is 167 Å². The Morgan fingerprint density at radius 2 is 1.63 bits per heavy atom. The van der Waals surface area contributed by atoms with E-state index >= 15 is 0 Å². The van der Waals surface area contributed by atoms with Crippen LogP contribution in [0.5, 0.6) is 5.75 Å². The minimum absolute atomic E-state index is 0. The minimum atomic E-state index is -0.503. The van der Waals surface area contributed by atoms with Gasteiger partial charge in [0.05, 0.1) is 6.10 Å². The van der Waals surface area contributed by atoms with Crippen molar-refractivity contribution in [1.29, 1.82) is 0 Å². The molecule has 3 aromatic rings. The van der Waals surface area contributed by atoms with Crippen LogP contribution in [0, 0.1) is 6.92 Å². The van der Waals surface area contributed by atoms with E-state index in [0.717, 1.165) is 22.4 Å². The highest BCUT2D eigenvalue weighted by molar-refractivity contribution is 5.85. The third kappa shape index (κ3) is 6.72. The van der Waals surface area contributed by atoms with Crippen LogP contribution in [0.2, 0.25) is 0 Å². The van der Waals surface area contributed by atoms with Crippen LogP contribution in [0.15, 0.2) is 78.9 Å². The van der Waals surface area contributed by atoms with E-state index in [9.17, 15) is 5.11 Å². The standard InChI is InChI=1S/C23H25NO2.ClH/c1-18-10-12-19(13-11-18)17-26-22-9-5-6-20(14-22)15-24-16-23(25)21-7-3-2-4-8-21;/h2-14,23-25H,15-17H2,1H3;1H. The molecule has 0 bridgehead atoms. The Morgan fingerprint density at radius 3 is 2.37 bits per heavy atom. The summed E-state index contributed by atoms with van der Waals surface area (Å²) in [6.07, 6.45) is -0.503. The van der Waals surface area contributed by atoms with Gasteiger partial charge >= 0.3 is 0 Å². The monoisotopic (exact) mass is 383 g/mol. The van der Waals surface area contributed by atoms with Crippen molar-refractivity contribution in [2.75, 3.05) is 6.54 Å². The van der Waals surface area contributed by atoms with Crippen LogP contribution in [0.25, 0.3) is 0 Å². The molecule has 142 valence electrons. The van der Waals surface area contributed by atoms with Gasteiger partial charge in [0.1, 0.15) is 12.4 Å². The van der Waals surface area contributed by atoms with Crippen LogP contribution in [-0.2, 0) is 13.2 Å². The number of hydrogen-bond donors (Lipinski definition) is 2. The fourth-order valence-electron chi connectivity index (χ4n) is 2.74. The Kier molecular flexibility index (Phi) is 8.34. The molecule has 3 aromatic carbocycles. The van der Waals surface area contributed by atoms with Gasteiger partial charge in [-0.2, -0.15) is 0 Å². The molecule has 0 saturated carbocycles. The Balaban J connectivity index is 0.00000261. The van der Waals surface area contributed by atoms with Crippen molar-refractivity contribution < 1.29 is 9.84 Å². The molecule has 4 heteroatoms. The molecule has 3 nitrogen and oxygen atoms in total. The highest BCUT2D eigenvalue weighted by Crippen LogP contribution is 2.16. The SMILES string of the molecule is Cc1ccc(COc2cccc(CNCC(O)c3ccccc3)c2)cc1.Cl. The van der Waals surface area contributed by atoms with Crippen LogP contribution >= 0.6 is 12.4 Å². The number of hydrogen-bond acceptors (Lipinski definition) is 3. The predicted molar refractivity (Wildman–Crippen MR) is 112 cm³/mol. The van der Waals surface area contributed by atoms with Crippen molar-refractivity contribution in [2.45, 2.75) is 26.2 Å². The van der Waals surface area contributed by atoms with Crippen molar-refractivity contribution in [3.05, 3.63) is 101 Å². The van der Waals surface area contributed by atoms with E-state index in [4.69, 9.17) is 4.74 Å². The Hall–Kier alpha value is -2.33. The number of halogens is 1. The summed E-state index contributed by atoms with van der Waals surface area (Å²) in [7, 11) is 0. The van der Waals surface area contributed by atoms with Gasteiger partial charge in [-0.15, -0.1) is 12.4 Å². The van der Waals surface area contributed by atoms with Crippen LogP contribution in [-0.4, -0.2) is 11.7 Å². The van der Waals surface area contributed by atoms with Gasteiger partial charge in [-0.3, -0.25) is 0 Å². The van der Waals surface area contributed by atoms with Crippen molar-refractivity contribution >= 4 is 12.4 Å². The first-order chi connectivity index (χ1) is 12.7. The fraction of sp³-hybridized carbons (Fsp3) is 0.217. The first kappa shape index (κ1) is 21.0. The Bertz CT molecular complexity index is 806. The molecule has 0 aromatic heterocycles. The van der Waals surface area contributed by atoms with Gasteiger partial charge in [0, 0.05) is 13.1 Å². The van der Waals surface area contributed by atoms with E-state index < -0.39 is 6.10 Å². The summed E-state index contributed by atoms with van der Waals surface area (Å²) >= 11 is 0. The van der Waals surface area contributed by atoms with E-state index in [0.29, 0.717) is 19.7 Å². The molecule has 1 unspecified atom stereocenters. The number of aliphatic hydroxyl groups excluding tert-OH is 1. The second-order valence-corrected chi connectivity index (χ2v) is 6.48. The van der Waals surface area contributed by atoms with E-state index in [1.165, 1.54) is 5.56 Å². The summed E-state index contributed by atoms with van der Waals surface area (Å²) in [4.78, 5) is 0. The topological polar surface area (TPSA) is 41.5 Å². The zero-order chi connectivity index (χ0) is 18.2. The van der Waals surface area contributed by atoms with E-state index in [2.05, 4.69) is 42.6 Å². The van der Waals surface area contributed by atoms with Crippen molar-refractivity contribution in [3.63, 3.8) is 0 Å². The van der Waals surface area contributed by atoms with E-state index in [1.807, 2.05) is 48.5 Å². The molecule has 0 fully saturated rings. The van der Waals surface area contributed by atoms with Gasteiger partial charge in [0.2, 0.25) is 0 Å². The number of benzene rings is 3. The molecule has 1 atom stereocenters. The number of rotatable bonds is 8. The van der Waals surface area contributed by atoms with Gasteiger partial charge in [-0.25, -0.2) is 0 Å². The lowest BCUT2D eigenvalue weighted by molar-refractivity contribution is 0.174. The molecule has 0 heterocycles. The lowest BCUT2D eigenvalue weighted by Gasteiger charge is -2.13. The van der Waals surface area contributed by atoms with Gasteiger partial charge in [0.25, 0.3) is 0 Å². The van der Waals surface area contributed by atoms with E-state index in [-0.39, 0.29) is 12.4 Å².